The van der Waals surface area contributed by atoms with E-state index in [0.29, 0.717) is 36.4 Å². The maximum atomic E-state index is 12.8. The number of carbonyl (C=O) groups excluding carboxylic acids is 1. The second-order valence-corrected chi connectivity index (χ2v) is 10.9. The van der Waals surface area contributed by atoms with Crippen molar-refractivity contribution in [3.63, 3.8) is 0 Å². The summed E-state index contributed by atoms with van der Waals surface area (Å²) < 4.78 is 0. The predicted molar refractivity (Wildman–Crippen MR) is 161 cm³/mol. The number of carbonyl (C=O) groups is 1. The predicted octanol–water partition coefficient (Wildman–Crippen LogP) is 6.37. The minimum atomic E-state index is -0.759. The Bertz CT molecular complexity index is 1500. The van der Waals surface area contributed by atoms with Crippen LogP contribution in [0.3, 0.4) is 0 Å². The summed E-state index contributed by atoms with van der Waals surface area (Å²) >= 11 is 5.94. The zero-order valence-corrected chi connectivity index (χ0v) is 23.4. The molecular weight excluding hydrogens is 538 g/mol. The zero-order valence-electron chi connectivity index (χ0n) is 22.6. The van der Waals surface area contributed by atoms with Gasteiger partial charge in [0.15, 0.2) is 0 Å². The summed E-state index contributed by atoms with van der Waals surface area (Å²) in [6.45, 7) is 2.83. The molecule has 1 aliphatic rings. The Morgan fingerprint density at radius 1 is 0.902 bits per heavy atom. The number of piperidine rings is 1. The average molecular weight is 570 g/mol. The van der Waals surface area contributed by atoms with E-state index in [1.807, 2.05) is 30.3 Å². The number of hydrogen-bond acceptors (Lipinski definition) is 5. The van der Waals surface area contributed by atoms with Crippen molar-refractivity contribution in [3.05, 3.63) is 134 Å². The van der Waals surface area contributed by atoms with E-state index >= 15 is 0 Å². The van der Waals surface area contributed by atoms with Gasteiger partial charge in [0.25, 0.3) is 11.6 Å². The smallest absolute Gasteiger partial charge is 0.282 e. The summed E-state index contributed by atoms with van der Waals surface area (Å²) in [6.07, 6.45) is 2.02. The first-order valence-electron chi connectivity index (χ1n) is 13.7. The Morgan fingerprint density at radius 2 is 1.54 bits per heavy atom. The number of halogens is 1. The number of hydrogen-bond donors (Lipinski definition) is 2. The molecule has 5 rings (SSSR count). The molecule has 8 heteroatoms. The molecular formula is C33H32ClN3O4. The number of likely N-dealkylation sites (tertiary alicyclic amines) is 1. The minimum Gasteiger partial charge on any atom is -0.385 e. The molecule has 0 bridgehead atoms. The Hall–Kier alpha value is -4.04. The maximum Gasteiger partial charge on any atom is 0.282 e. The molecule has 2 N–H and O–H groups in total. The van der Waals surface area contributed by atoms with E-state index in [1.165, 1.54) is 17.7 Å². The third-order valence-corrected chi connectivity index (χ3v) is 7.99. The first-order chi connectivity index (χ1) is 19.8. The van der Waals surface area contributed by atoms with Crippen molar-refractivity contribution in [2.24, 2.45) is 0 Å². The first kappa shape index (κ1) is 28.5. The first-order valence-corrected chi connectivity index (χ1v) is 14.1. The third-order valence-electron chi connectivity index (χ3n) is 7.74. The van der Waals surface area contributed by atoms with Gasteiger partial charge in [-0.25, -0.2) is 0 Å². The van der Waals surface area contributed by atoms with Crippen LogP contribution in [0.15, 0.2) is 97.1 Å². The van der Waals surface area contributed by atoms with E-state index in [-0.39, 0.29) is 11.3 Å². The van der Waals surface area contributed by atoms with Gasteiger partial charge >= 0.3 is 0 Å². The molecule has 0 radical (unpaired) electrons. The number of nitro benzene ring substituents is 1. The van der Waals surface area contributed by atoms with Gasteiger partial charge in [-0.1, -0.05) is 84.4 Å². The van der Waals surface area contributed by atoms with Crippen LogP contribution in [-0.4, -0.2) is 40.5 Å². The standard InChI is InChI=1S/C33H32ClN3O4/c34-29-13-10-26(11-14-29)27-12-15-30(31(22-27)37(40)41)32(38)35-19-16-24-6-8-25(9-7-24)23-36-20-17-33(39,18-21-36)28-4-2-1-3-5-28/h1-15,22,39H,16-21,23H2,(H,35,38). The van der Waals surface area contributed by atoms with Gasteiger partial charge in [0.2, 0.25) is 0 Å². The van der Waals surface area contributed by atoms with Gasteiger partial charge in [0.1, 0.15) is 5.56 Å². The molecule has 0 aliphatic carbocycles. The molecule has 41 heavy (non-hydrogen) atoms. The van der Waals surface area contributed by atoms with Crippen molar-refractivity contribution in [2.45, 2.75) is 31.4 Å². The van der Waals surface area contributed by atoms with Crippen molar-refractivity contribution >= 4 is 23.2 Å². The van der Waals surface area contributed by atoms with Crippen LogP contribution in [0.4, 0.5) is 5.69 Å². The van der Waals surface area contributed by atoms with Gasteiger partial charge in [-0.15, -0.1) is 0 Å². The lowest BCUT2D eigenvalue weighted by Crippen LogP contribution is -2.42. The molecule has 210 valence electrons. The Balaban J connectivity index is 1.12. The monoisotopic (exact) mass is 569 g/mol. The molecule has 0 saturated carbocycles. The van der Waals surface area contributed by atoms with Crippen LogP contribution in [0.25, 0.3) is 11.1 Å². The highest BCUT2D eigenvalue weighted by Gasteiger charge is 2.33. The minimum absolute atomic E-state index is 0.0313. The molecule has 7 nitrogen and oxygen atoms in total. The lowest BCUT2D eigenvalue weighted by atomic mass is 9.84. The van der Waals surface area contributed by atoms with Crippen LogP contribution in [0.1, 0.15) is 39.9 Å². The highest BCUT2D eigenvalue weighted by molar-refractivity contribution is 6.30. The van der Waals surface area contributed by atoms with Crippen molar-refractivity contribution in [3.8, 4) is 11.1 Å². The van der Waals surface area contributed by atoms with Gasteiger partial charge in [-0.05, 0) is 65.3 Å². The summed E-state index contributed by atoms with van der Waals surface area (Å²) in [4.78, 5) is 26.4. The van der Waals surface area contributed by atoms with Crippen molar-refractivity contribution in [2.75, 3.05) is 19.6 Å². The Kier molecular flexibility index (Phi) is 8.78. The van der Waals surface area contributed by atoms with E-state index in [2.05, 4.69) is 34.5 Å². The van der Waals surface area contributed by atoms with Crippen LogP contribution in [0, 0.1) is 10.1 Å². The summed E-state index contributed by atoms with van der Waals surface area (Å²) in [6, 6.07) is 29.8. The Morgan fingerprint density at radius 3 is 2.20 bits per heavy atom. The molecule has 1 aliphatic heterocycles. The number of rotatable bonds is 9. The number of aliphatic hydroxyl groups is 1. The fourth-order valence-electron chi connectivity index (χ4n) is 5.30. The van der Waals surface area contributed by atoms with E-state index in [1.54, 1.807) is 30.3 Å². The van der Waals surface area contributed by atoms with Crippen LogP contribution in [-0.2, 0) is 18.6 Å². The molecule has 0 aromatic heterocycles. The number of benzene rings is 4. The number of amides is 1. The van der Waals surface area contributed by atoms with Crippen molar-refractivity contribution in [1.29, 1.82) is 0 Å². The second kappa shape index (κ2) is 12.6. The molecule has 0 unspecified atom stereocenters. The average Bonchev–Trinajstić information content (AvgIpc) is 3.00. The highest BCUT2D eigenvalue weighted by atomic mass is 35.5. The van der Waals surface area contributed by atoms with Crippen LogP contribution >= 0.6 is 11.6 Å². The zero-order chi connectivity index (χ0) is 28.8. The molecule has 1 heterocycles. The summed E-state index contributed by atoms with van der Waals surface area (Å²) in [7, 11) is 0. The lowest BCUT2D eigenvalue weighted by molar-refractivity contribution is -0.385. The molecule has 4 aromatic carbocycles. The number of nitrogens with one attached hydrogen (secondary N) is 1. The molecule has 4 aromatic rings. The van der Waals surface area contributed by atoms with Crippen LogP contribution < -0.4 is 5.32 Å². The summed E-state index contributed by atoms with van der Waals surface area (Å²) in [5.74, 6) is -0.475. The molecule has 1 saturated heterocycles. The van der Waals surface area contributed by atoms with Gasteiger partial charge in [0.05, 0.1) is 10.5 Å². The molecule has 0 spiro atoms. The summed E-state index contributed by atoms with van der Waals surface area (Å²) in [5, 5.41) is 26.2. The molecule has 1 fully saturated rings. The molecule has 0 atom stereocenters. The second-order valence-electron chi connectivity index (χ2n) is 10.5. The third kappa shape index (κ3) is 7.00. The Labute approximate surface area is 244 Å². The van der Waals surface area contributed by atoms with E-state index in [0.717, 1.165) is 36.3 Å². The van der Waals surface area contributed by atoms with Gasteiger partial charge in [-0.3, -0.25) is 19.8 Å². The van der Waals surface area contributed by atoms with E-state index in [4.69, 9.17) is 11.6 Å². The largest absolute Gasteiger partial charge is 0.385 e. The van der Waals surface area contributed by atoms with Gasteiger partial charge in [-0.2, -0.15) is 0 Å². The van der Waals surface area contributed by atoms with Crippen molar-refractivity contribution in [1.82, 2.24) is 10.2 Å². The SMILES string of the molecule is O=C(NCCc1ccc(CN2CCC(O)(c3ccccc3)CC2)cc1)c1ccc(-c2ccc(Cl)cc2)cc1[N+](=O)[O-]. The summed E-state index contributed by atoms with van der Waals surface area (Å²) in [5.41, 5.74) is 3.70. The quantitative estimate of drug-likeness (QED) is 0.180. The molecule has 1 amide bonds. The van der Waals surface area contributed by atoms with E-state index in [9.17, 15) is 20.0 Å². The van der Waals surface area contributed by atoms with Gasteiger partial charge < -0.3 is 10.4 Å². The maximum absolute atomic E-state index is 12.8. The topological polar surface area (TPSA) is 95.7 Å². The number of nitrogens with zero attached hydrogens (tertiary/aromatic N) is 2. The number of nitro groups is 1. The normalized spacial score (nSPS) is 14.9. The lowest BCUT2D eigenvalue weighted by Gasteiger charge is -2.38. The fourth-order valence-corrected chi connectivity index (χ4v) is 5.43. The van der Waals surface area contributed by atoms with E-state index < -0.39 is 16.4 Å². The fraction of sp³-hybridized carbons (Fsp3) is 0.242. The van der Waals surface area contributed by atoms with Gasteiger partial charge in [0, 0.05) is 37.3 Å². The van der Waals surface area contributed by atoms with Crippen molar-refractivity contribution < 1.29 is 14.8 Å². The van der Waals surface area contributed by atoms with Crippen LogP contribution in [0.2, 0.25) is 5.02 Å². The highest BCUT2D eigenvalue weighted by Crippen LogP contribution is 2.33. The van der Waals surface area contributed by atoms with Crippen LogP contribution in [0.5, 0.6) is 0 Å².